The molecule has 2 aromatic rings. The van der Waals surface area contributed by atoms with Crippen molar-refractivity contribution in [3.05, 3.63) is 46.7 Å². The van der Waals surface area contributed by atoms with Crippen molar-refractivity contribution in [2.24, 2.45) is 12.8 Å². The zero-order chi connectivity index (χ0) is 13.0. The van der Waals surface area contributed by atoms with Gasteiger partial charge in [-0.2, -0.15) is 5.10 Å². The van der Waals surface area contributed by atoms with Crippen LogP contribution in [-0.2, 0) is 20.1 Å². The van der Waals surface area contributed by atoms with Crippen molar-refractivity contribution in [2.75, 3.05) is 6.54 Å². The maximum atomic E-state index is 6.15. The molecule has 0 fully saturated rings. The monoisotopic (exact) mass is 265 g/mol. The summed E-state index contributed by atoms with van der Waals surface area (Å²) in [5, 5.41) is 4.86. The summed E-state index contributed by atoms with van der Waals surface area (Å²) in [7, 11) is 1.87. The average molecular weight is 266 g/mol. The highest BCUT2D eigenvalue weighted by molar-refractivity contribution is 6.32. The van der Waals surface area contributed by atoms with Gasteiger partial charge in [0.05, 0.1) is 10.7 Å². The molecule has 2 rings (SSSR count). The second-order valence-corrected chi connectivity index (χ2v) is 4.44. The molecule has 0 aliphatic carbocycles. The van der Waals surface area contributed by atoms with Crippen LogP contribution >= 0.6 is 11.6 Å². The van der Waals surface area contributed by atoms with Gasteiger partial charge in [-0.25, -0.2) is 0 Å². The number of nitrogens with zero attached hydrogens (tertiary/aromatic N) is 2. The van der Waals surface area contributed by atoms with Crippen LogP contribution < -0.4 is 10.5 Å². The van der Waals surface area contributed by atoms with Gasteiger partial charge in [0.1, 0.15) is 12.4 Å². The van der Waals surface area contributed by atoms with Gasteiger partial charge in [0.25, 0.3) is 0 Å². The number of rotatable bonds is 5. The number of benzene rings is 1. The quantitative estimate of drug-likeness (QED) is 0.901. The van der Waals surface area contributed by atoms with Gasteiger partial charge < -0.3 is 10.5 Å². The summed E-state index contributed by atoms with van der Waals surface area (Å²) in [6.07, 6.45) is 2.63. The van der Waals surface area contributed by atoms with Crippen LogP contribution in [0.2, 0.25) is 5.02 Å². The third-order valence-electron chi connectivity index (χ3n) is 2.60. The first-order valence-electron chi connectivity index (χ1n) is 5.79. The van der Waals surface area contributed by atoms with E-state index >= 15 is 0 Å². The van der Waals surface area contributed by atoms with E-state index in [9.17, 15) is 0 Å². The minimum atomic E-state index is 0.405. The fraction of sp³-hybridized carbons (Fsp3) is 0.308. The van der Waals surface area contributed by atoms with E-state index in [2.05, 4.69) is 5.10 Å². The lowest BCUT2D eigenvalue weighted by Crippen LogP contribution is -2.06. The molecule has 5 heteroatoms. The van der Waals surface area contributed by atoms with E-state index in [0.29, 0.717) is 23.9 Å². The number of hydrogen-bond donors (Lipinski definition) is 1. The first kappa shape index (κ1) is 12.9. The summed E-state index contributed by atoms with van der Waals surface area (Å²) >= 11 is 6.15. The molecule has 0 atom stereocenters. The van der Waals surface area contributed by atoms with Gasteiger partial charge in [-0.1, -0.05) is 23.7 Å². The highest BCUT2D eigenvalue weighted by atomic mass is 35.5. The smallest absolute Gasteiger partial charge is 0.141 e. The Morgan fingerprint density at radius 2 is 2.22 bits per heavy atom. The number of halogens is 1. The molecule has 18 heavy (non-hydrogen) atoms. The Morgan fingerprint density at radius 3 is 2.89 bits per heavy atom. The van der Waals surface area contributed by atoms with Crippen LogP contribution in [-0.4, -0.2) is 16.3 Å². The topological polar surface area (TPSA) is 53.1 Å². The van der Waals surface area contributed by atoms with E-state index in [0.717, 1.165) is 17.7 Å². The molecule has 0 unspecified atom stereocenters. The van der Waals surface area contributed by atoms with E-state index in [-0.39, 0.29) is 0 Å². The highest BCUT2D eigenvalue weighted by Gasteiger charge is 2.08. The predicted octanol–water partition coefficient (Wildman–Crippen LogP) is 2.15. The van der Waals surface area contributed by atoms with Gasteiger partial charge in [-0.3, -0.25) is 4.68 Å². The Morgan fingerprint density at radius 1 is 1.39 bits per heavy atom. The van der Waals surface area contributed by atoms with E-state index in [4.69, 9.17) is 22.1 Å². The number of ether oxygens (including phenoxy) is 1. The molecular weight excluding hydrogens is 250 g/mol. The van der Waals surface area contributed by atoms with Crippen LogP contribution in [0.3, 0.4) is 0 Å². The number of para-hydroxylation sites is 1. The van der Waals surface area contributed by atoms with Gasteiger partial charge in [0, 0.05) is 13.2 Å². The van der Waals surface area contributed by atoms with E-state index in [1.807, 2.05) is 37.5 Å². The van der Waals surface area contributed by atoms with E-state index < -0.39 is 0 Å². The van der Waals surface area contributed by atoms with Gasteiger partial charge in [0.2, 0.25) is 0 Å². The number of hydrogen-bond acceptors (Lipinski definition) is 3. The lowest BCUT2D eigenvalue weighted by Gasteiger charge is -2.11. The van der Waals surface area contributed by atoms with Crippen LogP contribution in [0.5, 0.6) is 5.75 Å². The molecular formula is C13H16ClN3O. The Balaban J connectivity index is 2.12. The summed E-state index contributed by atoms with van der Waals surface area (Å²) in [6, 6.07) is 7.61. The van der Waals surface area contributed by atoms with E-state index in [1.165, 1.54) is 0 Å². The van der Waals surface area contributed by atoms with Crippen molar-refractivity contribution in [1.29, 1.82) is 0 Å². The average Bonchev–Trinajstić information content (AvgIpc) is 2.75. The van der Waals surface area contributed by atoms with Crippen LogP contribution in [0.15, 0.2) is 30.5 Å². The SMILES string of the molecule is Cn1ccc(COc2c(Cl)cccc2CCN)n1. The fourth-order valence-electron chi connectivity index (χ4n) is 1.75. The van der Waals surface area contributed by atoms with E-state index in [1.54, 1.807) is 4.68 Å². The number of nitrogens with two attached hydrogens (primary N) is 1. The predicted molar refractivity (Wildman–Crippen MR) is 71.8 cm³/mol. The normalized spacial score (nSPS) is 10.6. The molecule has 1 aromatic heterocycles. The lowest BCUT2D eigenvalue weighted by atomic mass is 10.1. The minimum Gasteiger partial charge on any atom is -0.485 e. The molecule has 1 heterocycles. The Hall–Kier alpha value is -1.52. The summed E-state index contributed by atoms with van der Waals surface area (Å²) in [4.78, 5) is 0. The third kappa shape index (κ3) is 3.03. The van der Waals surface area contributed by atoms with Crippen LogP contribution in [0.1, 0.15) is 11.3 Å². The number of aromatic nitrogens is 2. The lowest BCUT2D eigenvalue weighted by molar-refractivity contribution is 0.297. The molecule has 0 aliphatic heterocycles. The standard InChI is InChI=1S/C13H16ClN3O/c1-17-8-6-11(16-17)9-18-13-10(5-7-15)3-2-4-12(13)14/h2-4,6,8H,5,7,9,15H2,1H3. The molecule has 2 N–H and O–H groups in total. The van der Waals surface area contributed by atoms with Crippen LogP contribution in [0, 0.1) is 0 Å². The minimum absolute atomic E-state index is 0.405. The van der Waals surface area contributed by atoms with Crippen molar-refractivity contribution >= 4 is 11.6 Å². The Bertz CT molecular complexity index is 525. The second kappa shape index (κ2) is 5.89. The zero-order valence-corrected chi connectivity index (χ0v) is 11.0. The molecule has 0 bridgehead atoms. The molecule has 1 aromatic carbocycles. The molecule has 0 radical (unpaired) electrons. The molecule has 0 aliphatic rings. The first-order valence-corrected chi connectivity index (χ1v) is 6.17. The van der Waals surface area contributed by atoms with Gasteiger partial charge in [-0.05, 0) is 30.7 Å². The Kier molecular flexibility index (Phi) is 4.23. The number of aryl methyl sites for hydroxylation is 1. The molecule has 96 valence electrons. The summed E-state index contributed by atoms with van der Waals surface area (Å²) in [5.41, 5.74) is 7.48. The van der Waals surface area contributed by atoms with Crippen molar-refractivity contribution in [1.82, 2.24) is 9.78 Å². The summed E-state index contributed by atoms with van der Waals surface area (Å²) in [6.45, 7) is 0.975. The molecule has 0 amide bonds. The highest BCUT2D eigenvalue weighted by Crippen LogP contribution is 2.29. The maximum Gasteiger partial charge on any atom is 0.141 e. The largest absolute Gasteiger partial charge is 0.485 e. The van der Waals surface area contributed by atoms with Gasteiger partial charge in [-0.15, -0.1) is 0 Å². The zero-order valence-electron chi connectivity index (χ0n) is 10.3. The van der Waals surface area contributed by atoms with Crippen LogP contribution in [0.25, 0.3) is 0 Å². The van der Waals surface area contributed by atoms with Crippen LogP contribution in [0.4, 0.5) is 0 Å². The third-order valence-corrected chi connectivity index (χ3v) is 2.89. The Labute approximate surface area is 111 Å². The van der Waals surface area contributed by atoms with Crippen molar-refractivity contribution in [3.63, 3.8) is 0 Å². The van der Waals surface area contributed by atoms with Crippen molar-refractivity contribution < 1.29 is 4.74 Å². The molecule has 4 nitrogen and oxygen atoms in total. The maximum absolute atomic E-state index is 6.15. The van der Waals surface area contributed by atoms with Crippen molar-refractivity contribution in [3.8, 4) is 5.75 Å². The second-order valence-electron chi connectivity index (χ2n) is 4.04. The van der Waals surface area contributed by atoms with Gasteiger partial charge >= 0.3 is 0 Å². The van der Waals surface area contributed by atoms with Crippen molar-refractivity contribution in [2.45, 2.75) is 13.0 Å². The summed E-state index contributed by atoms with van der Waals surface area (Å²) < 4.78 is 7.50. The summed E-state index contributed by atoms with van der Waals surface area (Å²) in [5.74, 6) is 0.704. The molecule has 0 saturated heterocycles. The molecule has 0 spiro atoms. The molecule has 0 saturated carbocycles. The fourth-order valence-corrected chi connectivity index (χ4v) is 2.00. The first-order chi connectivity index (χ1) is 8.70. The van der Waals surface area contributed by atoms with Gasteiger partial charge in [0.15, 0.2) is 0 Å².